The van der Waals surface area contributed by atoms with Gasteiger partial charge in [0.25, 0.3) is 11.8 Å². The Morgan fingerprint density at radius 1 is 0.685 bits per heavy atom. The van der Waals surface area contributed by atoms with Crippen LogP contribution in [0.15, 0.2) is 104 Å². The molecule has 6 rings (SSSR count). The Morgan fingerprint density at radius 3 is 1.73 bits per heavy atom. The molecule has 0 aromatic heterocycles. The number of hydrogen-bond acceptors (Lipinski definition) is 7. The summed E-state index contributed by atoms with van der Waals surface area (Å²) in [5.41, 5.74) is 9.25. The zero-order chi connectivity index (χ0) is 54.2. The molecule has 9 heteroatoms. The number of benzene rings is 5. The first-order chi connectivity index (χ1) is 34.6. The summed E-state index contributed by atoms with van der Waals surface area (Å²) in [5, 5.41) is 0. The lowest BCUT2D eigenvalue weighted by Gasteiger charge is -2.32. The van der Waals surface area contributed by atoms with E-state index < -0.39 is 0 Å². The molecule has 5 aromatic carbocycles. The number of amides is 2. The summed E-state index contributed by atoms with van der Waals surface area (Å²) >= 11 is 0. The van der Waals surface area contributed by atoms with Crippen LogP contribution in [0, 0.1) is 19.3 Å². The van der Waals surface area contributed by atoms with Gasteiger partial charge in [0.1, 0.15) is 13.2 Å². The van der Waals surface area contributed by atoms with E-state index in [0.717, 1.165) is 76.9 Å². The third kappa shape index (κ3) is 17.8. The SMILES string of the molecule is C.C=CN(C(=O)c1cc(OC)c(OCc2cc(COc3cc(C)c(C(=O)N4CCc5ccccc54)cc3OC)cc(CC(C)(C)COC(C)(C)CCC)c2)cc1C)c1ccccc1CC.CC.CC.CC.CC. The third-order valence-corrected chi connectivity index (χ3v) is 11.9. The molecule has 402 valence electrons. The molecule has 1 aliphatic heterocycles. The normalized spacial score (nSPS) is 11.2. The van der Waals surface area contributed by atoms with Gasteiger partial charge in [-0.15, -0.1) is 0 Å². The molecular formula is C64H94N2O7. The Balaban J connectivity index is 0.00000282. The molecular weight excluding hydrogens is 909 g/mol. The number of carbonyl (C=O) groups is 2. The molecule has 9 nitrogen and oxygen atoms in total. The molecule has 2 amide bonds. The summed E-state index contributed by atoms with van der Waals surface area (Å²) in [6.07, 6.45) is 5.96. The van der Waals surface area contributed by atoms with Gasteiger partial charge in [-0.05, 0) is 140 Å². The van der Waals surface area contributed by atoms with Crippen molar-refractivity contribution in [3.05, 3.63) is 154 Å². The first-order valence-corrected chi connectivity index (χ1v) is 26.4. The predicted molar refractivity (Wildman–Crippen MR) is 310 cm³/mol. The molecule has 0 spiro atoms. The number of nitrogens with zero attached hydrogens (tertiary/aromatic N) is 2. The van der Waals surface area contributed by atoms with Gasteiger partial charge in [0.2, 0.25) is 0 Å². The minimum absolute atomic E-state index is 0. The number of carbonyl (C=O) groups excluding carboxylic acids is 2. The third-order valence-electron chi connectivity index (χ3n) is 11.9. The van der Waals surface area contributed by atoms with Crippen molar-refractivity contribution in [2.75, 3.05) is 37.2 Å². The zero-order valence-corrected chi connectivity index (χ0v) is 47.6. The topological polar surface area (TPSA) is 86.8 Å². The highest BCUT2D eigenvalue weighted by Crippen LogP contribution is 2.37. The van der Waals surface area contributed by atoms with Crippen LogP contribution in [0.3, 0.4) is 0 Å². The molecule has 0 unspecified atom stereocenters. The summed E-state index contributed by atoms with van der Waals surface area (Å²) in [5.74, 6) is 1.76. The Labute approximate surface area is 443 Å². The molecule has 1 heterocycles. The van der Waals surface area contributed by atoms with Crippen LogP contribution in [0.25, 0.3) is 0 Å². The van der Waals surface area contributed by atoms with Gasteiger partial charge in [-0.2, -0.15) is 0 Å². The number of ether oxygens (including phenoxy) is 5. The monoisotopic (exact) mass is 1000 g/mol. The average Bonchev–Trinajstić information content (AvgIpc) is 3.83. The number of methoxy groups -OCH3 is 2. The number of aryl methyl sites for hydroxylation is 3. The summed E-state index contributed by atoms with van der Waals surface area (Å²) in [6, 6.07) is 29.6. The van der Waals surface area contributed by atoms with Crippen LogP contribution in [0.4, 0.5) is 11.4 Å². The summed E-state index contributed by atoms with van der Waals surface area (Å²) < 4.78 is 31.2. The predicted octanol–water partition coefficient (Wildman–Crippen LogP) is 16.9. The lowest BCUT2D eigenvalue weighted by molar-refractivity contribution is -0.0594. The molecule has 0 N–H and O–H groups in total. The van der Waals surface area contributed by atoms with Crippen LogP contribution in [0.1, 0.15) is 177 Å². The number of hydrogen-bond donors (Lipinski definition) is 0. The minimum Gasteiger partial charge on any atom is -0.493 e. The summed E-state index contributed by atoms with van der Waals surface area (Å²) in [4.78, 5) is 31.3. The first kappa shape index (κ1) is 65.0. The molecule has 5 aromatic rings. The molecule has 1 aliphatic rings. The Morgan fingerprint density at radius 2 is 1.19 bits per heavy atom. The van der Waals surface area contributed by atoms with Crippen molar-refractivity contribution in [2.24, 2.45) is 5.41 Å². The van der Waals surface area contributed by atoms with Gasteiger partial charge in [-0.1, -0.05) is 152 Å². The fourth-order valence-corrected chi connectivity index (χ4v) is 8.59. The van der Waals surface area contributed by atoms with E-state index in [-0.39, 0.29) is 43.5 Å². The average molecular weight is 1000 g/mol. The molecule has 0 radical (unpaired) electrons. The number of para-hydroxylation sites is 2. The summed E-state index contributed by atoms with van der Waals surface area (Å²) in [6.45, 7) is 38.6. The highest BCUT2D eigenvalue weighted by Gasteiger charge is 2.29. The van der Waals surface area contributed by atoms with Crippen molar-refractivity contribution in [3.63, 3.8) is 0 Å². The van der Waals surface area contributed by atoms with Crippen molar-refractivity contribution >= 4 is 23.2 Å². The van der Waals surface area contributed by atoms with E-state index in [9.17, 15) is 9.59 Å². The molecule has 0 saturated heterocycles. The van der Waals surface area contributed by atoms with Crippen LogP contribution in [-0.2, 0) is 37.2 Å². The fourth-order valence-electron chi connectivity index (χ4n) is 8.59. The van der Waals surface area contributed by atoms with Gasteiger partial charge >= 0.3 is 0 Å². The molecule has 0 bridgehead atoms. The Hall–Kier alpha value is -6.06. The van der Waals surface area contributed by atoms with E-state index in [1.165, 1.54) is 5.56 Å². The van der Waals surface area contributed by atoms with E-state index in [0.29, 0.717) is 47.3 Å². The lowest BCUT2D eigenvalue weighted by atomic mass is 9.85. The maximum Gasteiger partial charge on any atom is 0.262 e. The number of anilines is 2. The largest absolute Gasteiger partial charge is 0.493 e. The zero-order valence-electron chi connectivity index (χ0n) is 47.6. The van der Waals surface area contributed by atoms with Crippen molar-refractivity contribution in [3.8, 4) is 23.0 Å². The maximum atomic E-state index is 14.0. The van der Waals surface area contributed by atoms with Gasteiger partial charge in [-0.3, -0.25) is 14.5 Å². The lowest BCUT2D eigenvalue weighted by Crippen LogP contribution is -2.31. The van der Waals surface area contributed by atoms with Crippen molar-refractivity contribution in [1.82, 2.24) is 0 Å². The van der Waals surface area contributed by atoms with Gasteiger partial charge in [0, 0.05) is 29.6 Å². The fraction of sp³-hybridized carbons (Fsp3) is 0.469. The van der Waals surface area contributed by atoms with E-state index >= 15 is 0 Å². The van der Waals surface area contributed by atoms with Gasteiger partial charge in [0.15, 0.2) is 23.0 Å². The molecule has 0 fully saturated rings. The minimum atomic E-state index is -0.210. The quantitative estimate of drug-likeness (QED) is 0.0767. The first-order valence-electron chi connectivity index (χ1n) is 26.4. The molecule has 0 aliphatic carbocycles. The van der Waals surface area contributed by atoms with Gasteiger partial charge in [0.05, 0.1) is 32.1 Å². The van der Waals surface area contributed by atoms with E-state index in [2.05, 4.69) is 72.4 Å². The maximum absolute atomic E-state index is 14.0. The van der Waals surface area contributed by atoms with Crippen LogP contribution < -0.4 is 28.7 Å². The molecule has 0 saturated carbocycles. The van der Waals surface area contributed by atoms with Gasteiger partial charge < -0.3 is 28.6 Å². The van der Waals surface area contributed by atoms with Crippen LogP contribution in [-0.4, -0.2) is 44.8 Å². The van der Waals surface area contributed by atoms with Crippen LogP contribution in [0.2, 0.25) is 0 Å². The second-order valence-corrected chi connectivity index (χ2v) is 18.2. The van der Waals surface area contributed by atoms with Crippen molar-refractivity contribution < 1.29 is 33.3 Å². The second-order valence-electron chi connectivity index (χ2n) is 18.2. The van der Waals surface area contributed by atoms with Crippen molar-refractivity contribution in [2.45, 2.75) is 169 Å². The van der Waals surface area contributed by atoms with E-state index in [1.54, 1.807) is 37.5 Å². The standard InChI is InChI=1S/C55H66N2O7.4C2H6.CH4/c1-12-24-55(8,9)64-36-54(6,7)33-39-28-40(34-62-50-26-37(4)44(31-48(50)60-10)52(58)56(14-3)46-21-17-15-19-42(46)13-2)30-41(29-39)35-63-51-27-38(5)45(32-49(51)61-11)53(59)57-25-23-43-20-16-18-22-47(43)57;4*1-2;/h14-22,26-32H,3,12-13,23-25,33-36H2,1-2,4-11H3;4*1-2H3;1H4. The molecule has 73 heavy (non-hydrogen) atoms. The number of fused-ring (bicyclic) bond motifs is 1. The van der Waals surface area contributed by atoms with Gasteiger partial charge in [-0.25, -0.2) is 0 Å². The van der Waals surface area contributed by atoms with Crippen molar-refractivity contribution in [1.29, 1.82) is 0 Å². The smallest absolute Gasteiger partial charge is 0.262 e. The van der Waals surface area contributed by atoms with E-state index in [4.69, 9.17) is 23.7 Å². The van der Waals surface area contributed by atoms with Crippen LogP contribution >= 0.6 is 0 Å². The van der Waals surface area contributed by atoms with Crippen LogP contribution in [0.5, 0.6) is 23.0 Å². The second kappa shape index (κ2) is 32.2. The van der Waals surface area contributed by atoms with E-state index in [1.807, 2.05) is 129 Å². The molecule has 0 atom stereocenters. The Bertz CT molecular complexity index is 2470. The highest BCUT2D eigenvalue weighted by molar-refractivity contribution is 6.09. The highest BCUT2D eigenvalue weighted by atomic mass is 16.5. The Kier molecular flexibility index (Phi) is 28.6. The summed E-state index contributed by atoms with van der Waals surface area (Å²) in [7, 11) is 3.17. The number of rotatable bonds is 20.